The fourth-order valence-electron chi connectivity index (χ4n) is 20.6. The third-order valence-corrected chi connectivity index (χ3v) is 28.6. The van der Waals surface area contributed by atoms with Gasteiger partial charge in [-0.15, -0.1) is 0 Å². The molecule has 2 heteroatoms. The van der Waals surface area contributed by atoms with Crippen LogP contribution in [0.3, 0.4) is 0 Å². The molecule has 0 saturated heterocycles. The maximum absolute atomic E-state index is 3.06. The van der Waals surface area contributed by atoms with Crippen molar-refractivity contribution in [2.75, 3.05) is 0 Å². The van der Waals surface area contributed by atoms with Crippen LogP contribution >= 0.6 is 15.8 Å². The van der Waals surface area contributed by atoms with E-state index in [1.807, 2.05) is 0 Å². The van der Waals surface area contributed by atoms with Gasteiger partial charge in [0.2, 0.25) is 0 Å². The summed E-state index contributed by atoms with van der Waals surface area (Å²) in [6.45, 7) is 6.12. The Morgan fingerprint density at radius 2 is 0.413 bits per heavy atom. The summed E-state index contributed by atoms with van der Waals surface area (Å²) in [4.78, 5) is 0. The van der Waals surface area contributed by atoms with Gasteiger partial charge < -0.3 is 0 Å². The van der Waals surface area contributed by atoms with Crippen molar-refractivity contribution in [3.05, 3.63) is 0 Å². The van der Waals surface area contributed by atoms with Crippen molar-refractivity contribution in [2.45, 2.75) is 200 Å². The molecule has 2 unspecified atom stereocenters. The highest BCUT2D eigenvalue weighted by Gasteiger charge is 2.68. The second-order valence-corrected chi connectivity index (χ2v) is 29.7. The van der Waals surface area contributed by atoms with E-state index in [2.05, 4.69) is 13.8 Å². The Morgan fingerprint density at radius 3 is 0.543 bits per heavy atom. The quantitative estimate of drug-likeness (QED) is 0.239. The van der Waals surface area contributed by atoms with Gasteiger partial charge in [-0.1, -0.05) is 29.7 Å². The van der Waals surface area contributed by atoms with E-state index in [4.69, 9.17) is 0 Å². The molecule has 0 aromatic carbocycles. The van der Waals surface area contributed by atoms with E-state index in [9.17, 15) is 0 Å². The SMILES string of the molecule is CC(C(C)P(C12CC3CC(CC(C3)C1)C2)C12CC3CC(CC(C3)C1)C2)P(C12CC3CC(CC(C3)C1)C2)C12CC3CC(CC(C3)C1)C2. The van der Waals surface area contributed by atoms with Gasteiger partial charge in [0.1, 0.15) is 0 Å². The molecule has 254 valence electrons. The number of hydrogen-bond acceptors (Lipinski definition) is 0. The highest BCUT2D eigenvalue weighted by atomic mass is 31.1. The van der Waals surface area contributed by atoms with Crippen molar-refractivity contribution in [1.82, 2.24) is 0 Å². The molecule has 0 aromatic heterocycles. The summed E-state index contributed by atoms with van der Waals surface area (Å²) in [5.41, 5.74) is 2.13. The molecule has 0 spiro atoms. The first-order valence-corrected chi connectivity index (χ1v) is 24.7. The summed E-state index contributed by atoms with van der Waals surface area (Å²) < 4.78 is 0. The van der Waals surface area contributed by atoms with Crippen molar-refractivity contribution in [1.29, 1.82) is 0 Å². The Labute approximate surface area is 285 Å². The van der Waals surface area contributed by atoms with Crippen molar-refractivity contribution in [3.63, 3.8) is 0 Å². The van der Waals surface area contributed by atoms with E-state index in [0.29, 0.717) is 0 Å². The normalized spacial score (nSPS) is 62.2. The van der Waals surface area contributed by atoms with Gasteiger partial charge in [-0.05, 0) is 257 Å². The lowest BCUT2D eigenvalue weighted by Crippen LogP contribution is -2.60. The van der Waals surface area contributed by atoms with Crippen LogP contribution in [0.1, 0.15) is 168 Å². The first kappa shape index (κ1) is 29.4. The molecule has 16 saturated carbocycles. The van der Waals surface area contributed by atoms with E-state index in [1.165, 1.54) is 0 Å². The molecule has 16 fully saturated rings. The molecular weight excluding hydrogens is 590 g/mol. The second-order valence-electron chi connectivity index (χ2n) is 22.8. The minimum atomic E-state index is 0.0916. The monoisotopic (exact) mass is 658 g/mol. The van der Waals surface area contributed by atoms with E-state index < -0.39 is 0 Å². The van der Waals surface area contributed by atoms with Gasteiger partial charge in [0.25, 0.3) is 0 Å². The van der Waals surface area contributed by atoms with Crippen LogP contribution in [0.5, 0.6) is 0 Å². The lowest BCUT2D eigenvalue weighted by atomic mass is 9.55. The topological polar surface area (TPSA) is 0 Å². The Hall–Kier alpha value is 0.860. The first-order chi connectivity index (χ1) is 22.2. The predicted molar refractivity (Wildman–Crippen MR) is 196 cm³/mol. The predicted octanol–water partition coefficient (Wildman–Crippen LogP) is 12.6. The van der Waals surface area contributed by atoms with Crippen molar-refractivity contribution in [3.8, 4) is 0 Å². The zero-order chi connectivity index (χ0) is 30.2. The van der Waals surface area contributed by atoms with E-state index in [-0.39, 0.29) is 15.8 Å². The van der Waals surface area contributed by atoms with E-state index >= 15 is 0 Å². The Bertz CT molecular complexity index is 935. The highest BCUT2D eigenvalue weighted by Crippen LogP contribution is 2.86. The van der Waals surface area contributed by atoms with Crippen LogP contribution in [0.15, 0.2) is 0 Å². The summed E-state index contributed by atoms with van der Waals surface area (Å²) in [6.07, 6.45) is 40.5. The van der Waals surface area contributed by atoms with Crippen molar-refractivity contribution < 1.29 is 0 Å². The van der Waals surface area contributed by atoms with Gasteiger partial charge in [0.05, 0.1) is 0 Å². The molecule has 46 heavy (non-hydrogen) atoms. The molecule has 16 aliphatic carbocycles. The molecule has 0 radical (unpaired) electrons. The third kappa shape index (κ3) is 4.11. The van der Waals surface area contributed by atoms with Gasteiger partial charge >= 0.3 is 0 Å². The van der Waals surface area contributed by atoms with Crippen LogP contribution in [0.4, 0.5) is 0 Å². The molecule has 0 aliphatic heterocycles. The second kappa shape index (κ2) is 9.84. The smallest absolute Gasteiger partial charge is 0.00789 e. The van der Waals surface area contributed by atoms with Crippen LogP contribution < -0.4 is 0 Å². The fraction of sp³-hybridized carbons (Fsp3) is 1.00. The first-order valence-electron chi connectivity index (χ1n) is 21.8. The molecular formula is C44H68P2. The van der Waals surface area contributed by atoms with Crippen LogP contribution in [0, 0.1) is 71.0 Å². The lowest BCUT2D eigenvalue weighted by Gasteiger charge is -2.72. The molecule has 0 heterocycles. The fourth-order valence-corrected chi connectivity index (χ4v) is 33.2. The summed E-state index contributed by atoms with van der Waals surface area (Å²) >= 11 is 0. The van der Waals surface area contributed by atoms with Gasteiger partial charge in [-0.2, -0.15) is 0 Å². The van der Waals surface area contributed by atoms with Gasteiger partial charge in [0, 0.05) is 0 Å². The zero-order valence-electron chi connectivity index (χ0n) is 29.9. The zero-order valence-corrected chi connectivity index (χ0v) is 31.7. The van der Waals surface area contributed by atoms with Crippen molar-refractivity contribution in [2.24, 2.45) is 71.0 Å². The molecule has 16 rings (SSSR count). The highest BCUT2D eigenvalue weighted by molar-refractivity contribution is 7.66. The molecule has 0 N–H and O–H groups in total. The molecule has 0 amide bonds. The average Bonchev–Trinajstić information content (AvgIpc) is 2.94. The molecule has 0 aromatic rings. The van der Waals surface area contributed by atoms with Crippen LogP contribution in [-0.4, -0.2) is 31.9 Å². The minimum Gasteiger partial charge on any atom is -0.0904 e. The molecule has 0 nitrogen and oxygen atoms in total. The largest absolute Gasteiger partial charge is 0.0904 e. The molecule has 16 aliphatic rings. The van der Waals surface area contributed by atoms with Crippen molar-refractivity contribution >= 4 is 15.8 Å². The number of hydrogen-bond donors (Lipinski definition) is 0. The van der Waals surface area contributed by atoms with E-state index in [1.54, 1.807) is 154 Å². The summed E-state index contributed by atoms with van der Waals surface area (Å²) in [5.74, 6) is 13.7. The minimum absolute atomic E-state index is 0.0916. The Kier molecular flexibility index (Phi) is 6.30. The third-order valence-electron chi connectivity index (χ3n) is 19.6. The summed E-state index contributed by atoms with van der Waals surface area (Å²) in [7, 11) is 0.183. The van der Waals surface area contributed by atoms with E-state index in [0.717, 1.165) is 103 Å². The summed E-state index contributed by atoms with van der Waals surface area (Å²) in [5, 5.41) is 3.25. The average molecular weight is 659 g/mol. The van der Waals surface area contributed by atoms with Crippen LogP contribution in [0.25, 0.3) is 0 Å². The maximum atomic E-state index is 3.06. The number of rotatable bonds is 7. The van der Waals surface area contributed by atoms with Gasteiger partial charge in [-0.3, -0.25) is 0 Å². The maximum Gasteiger partial charge on any atom is -0.00789 e. The standard InChI is InChI=1S/C44H68P2/c1-27(45(41-15-29-3-30(16-41)5-31(4-29)17-41)42-18-32-6-33(19-42)8-34(7-32)20-42)28(2)46(43-21-35-9-36(22-43)11-37(10-35)23-43)44-24-38-12-39(25-44)14-40(13-38)26-44/h27-40H,3-26H2,1-2H3. The van der Waals surface area contributed by atoms with Crippen LogP contribution in [0.2, 0.25) is 0 Å². The lowest BCUT2D eigenvalue weighted by molar-refractivity contribution is 0.0162. The Morgan fingerprint density at radius 1 is 0.283 bits per heavy atom. The van der Waals surface area contributed by atoms with Gasteiger partial charge in [-0.25, -0.2) is 0 Å². The summed E-state index contributed by atoms with van der Waals surface area (Å²) in [6, 6.07) is 0. The molecule has 16 bridgehead atoms. The Balaban J connectivity index is 0.989. The molecule has 2 atom stereocenters. The van der Waals surface area contributed by atoms with Gasteiger partial charge in [0.15, 0.2) is 0 Å². The van der Waals surface area contributed by atoms with Crippen LogP contribution in [-0.2, 0) is 0 Å².